The average Bonchev–Trinajstić information content (AvgIpc) is 2.62. The van der Waals surface area contributed by atoms with E-state index in [1.54, 1.807) is 0 Å². The minimum absolute atomic E-state index is 0.0704. The molecule has 1 saturated heterocycles. The van der Waals surface area contributed by atoms with Crippen LogP contribution in [0.5, 0.6) is 0 Å². The van der Waals surface area contributed by atoms with Gasteiger partial charge >= 0.3 is 0 Å². The zero-order valence-electron chi connectivity index (χ0n) is 18.0. The molecule has 0 amide bonds. The van der Waals surface area contributed by atoms with Gasteiger partial charge in [-0.15, -0.1) is 0 Å². The molecule has 1 heterocycles. The van der Waals surface area contributed by atoms with E-state index in [2.05, 4.69) is 13.8 Å². The van der Waals surface area contributed by atoms with E-state index in [1.165, 1.54) is 77.0 Å². The molecular formula is C23H46O3. The molecule has 3 heteroatoms. The second-order valence-electron chi connectivity index (χ2n) is 8.58. The molecule has 0 spiro atoms. The molecule has 0 radical (unpaired) electrons. The van der Waals surface area contributed by atoms with Gasteiger partial charge in [-0.3, -0.25) is 0 Å². The third-order valence-electron chi connectivity index (χ3n) is 5.90. The summed E-state index contributed by atoms with van der Waals surface area (Å²) in [5.41, 5.74) is 0. The number of aliphatic hydroxyl groups excluding tert-OH is 1. The van der Waals surface area contributed by atoms with Crippen molar-refractivity contribution in [2.24, 2.45) is 11.8 Å². The third kappa shape index (κ3) is 10.3. The van der Waals surface area contributed by atoms with Crippen molar-refractivity contribution in [2.75, 3.05) is 6.61 Å². The third-order valence-corrected chi connectivity index (χ3v) is 5.90. The monoisotopic (exact) mass is 370 g/mol. The molecule has 0 bridgehead atoms. The van der Waals surface area contributed by atoms with Crippen LogP contribution in [0.15, 0.2) is 0 Å². The molecule has 3 unspecified atom stereocenters. The Morgan fingerprint density at radius 1 is 0.885 bits per heavy atom. The van der Waals surface area contributed by atoms with Gasteiger partial charge in [0.2, 0.25) is 0 Å². The van der Waals surface area contributed by atoms with Gasteiger partial charge in [0.15, 0.2) is 6.29 Å². The van der Waals surface area contributed by atoms with E-state index in [1.807, 2.05) is 13.8 Å². The first-order valence-corrected chi connectivity index (χ1v) is 11.5. The Hall–Kier alpha value is -0.120. The van der Waals surface area contributed by atoms with Gasteiger partial charge < -0.3 is 14.6 Å². The number of aliphatic hydroxyl groups is 1. The smallest absolute Gasteiger partial charge is 0.162 e. The Kier molecular flexibility index (Phi) is 13.7. The largest absolute Gasteiger partial charge is 0.393 e. The minimum Gasteiger partial charge on any atom is -0.393 e. The number of hydrogen-bond donors (Lipinski definition) is 1. The molecular weight excluding hydrogens is 324 g/mol. The summed E-state index contributed by atoms with van der Waals surface area (Å²) >= 11 is 0. The molecule has 1 aliphatic rings. The quantitative estimate of drug-likeness (QED) is 0.336. The predicted molar refractivity (Wildman–Crippen MR) is 110 cm³/mol. The molecule has 0 aromatic rings. The van der Waals surface area contributed by atoms with Crippen LogP contribution in [0.2, 0.25) is 0 Å². The van der Waals surface area contributed by atoms with Gasteiger partial charge in [-0.05, 0) is 32.1 Å². The van der Waals surface area contributed by atoms with E-state index >= 15 is 0 Å². The Bertz CT molecular complexity index is 321. The fraction of sp³-hybridized carbons (Fsp3) is 1.00. The number of unbranched alkanes of at least 4 members (excludes halogenated alkanes) is 8. The number of rotatable bonds is 15. The first-order chi connectivity index (χ1) is 12.6. The Balaban J connectivity index is 2.34. The highest BCUT2D eigenvalue weighted by Gasteiger charge is 2.34. The fourth-order valence-corrected chi connectivity index (χ4v) is 3.95. The lowest BCUT2D eigenvalue weighted by Gasteiger charge is -2.37. The second kappa shape index (κ2) is 14.9. The van der Waals surface area contributed by atoms with E-state index in [9.17, 15) is 5.11 Å². The van der Waals surface area contributed by atoms with Crippen LogP contribution in [-0.2, 0) is 9.47 Å². The van der Waals surface area contributed by atoms with Gasteiger partial charge in [0, 0.05) is 5.92 Å². The second-order valence-corrected chi connectivity index (χ2v) is 8.58. The lowest BCUT2D eigenvalue weighted by molar-refractivity contribution is -0.243. The topological polar surface area (TPSA) is 38.7 Å². The van der Waals surface area contributed by atoms with Crippen molar-refractivity contribution in [1.82, 2.24) is 0 Å². The van der Waals surface area contributed by atoms with Crippen molar-refractivity contribution in [3.05, 3.63) is 0 Å². The maximum Gasteiger partial charge on any atom is 0.162 e. The first kappa shape index (κ1) is 23.9. The molecule has 1 fully saturated rings. The Morgan fingerprint density at radius 2 is 1.42 bits per heavy atom. The van der Waals surface area contributed by atoms with E-state index in [0.29, 0.717) is 5.92 Å². The van der Waals surface area contributed by atoms with Crippen LogP contribution in [0.25, 0.3) is 0 Å². The first-order valence-electron chi connectivity index (χ1n) is 11.5. The average molecular weight is 371 g/mol. The van der Waals surface area contributed by atoms with Gasteiger partial charge in [-0.25, -0.2) is 0 Å². The highest BCUT2D eigenvalue weighted by atomic mass is 16.7. The van der Waals surface area contributed by atoms with Crippen LogP contribution in [0.4, 0.5) is 0 Å². The molecule has 0 aromatic heterocycles. The van der Waals surface area contributed by atoms with Gasteiger partial charge in [-0.1, -0.05) is 85.0 Å². The Labute approximate surface area is 163 Å². The molecule has 5 atom stereocenters. The molecule has 0 saturated carbocycles. The molecule has 1 N–H and O–H groups in total. The lowest BCUT2D eigenvalue weighted by atomic mass is 9.94. The minimum atomic E-state index is -0.301. The van der Waals surface area contributed by atoms with E-state index in [-0.39, 0.29) is 24.4 Å². The van der Waals surface area contributed by atoms with Crippen LogP contribution in [-0.4, -0.2) is 30.2 Å². The number of hydrogen-bond acceptors (Lipinski definition) is 3. The molecule has 1 rings (SSSR count). The van der Waals surface area contributed by atoms with Gasteiger partial charge in [-0.2, -0.15) is 0 Å². The van der Waals surface area contributed by atoms with Crippen LogP contribution in [0, 0.1) is 11.8 Å². The van der Waals surface area contributed by atoms with Crippen LogP contribution in [0.1, 0.15) is 111 Å². The van der Waals surface area contributed by atoms with Crippen molar-refractivity contribution in [3.8, 4) is 0 Å². The predicted octanol–water partition coefficient (Wildman–Crippen LogP) is 6.47. The summed E-state index contributed by atoms with van der Waals surface area (Å²) in [6.45, 7) is 9.41. The summed E-state index contributed by atoms with van der Waals surface area (Å²) in [4.78, 5) is 0. The van der Waals surface area contributed by atoms with E-state index in [0.717, 1.165) is 13.0 Å². The summed E-state index contributed by atoms with van der Waals surface area (Å²) in [7, 11) is 0. The summed E-state index contributed by atoms with van der Waals surface area (Å²) < 4.78 is 12.1. The Morgan fingerprint density at radius 3 is 2.04 bits per heavy atom. The highest BCUT2D eigenvalue weighted by molar-refractivity contribution is 4.77. The maximum atomic E-state index is 10.2. The lowest BCUT2D eigenvalue weighted by Crippen LogP contribution is -2.43. The SMILES string of the molecule is CCCCCCCCC(CCCCCC)COC1O[C@@H](C)C[C@@H](O)C1C. The normalized spacial score (nSPS) is 27.6. The molecule has 0 aromatic carbocycles. The van der Waals surface area contributed by atoms with Gasteiger partial charge in [0.05, 0.1) is 18.8 Å². The molecule has 156 valence electrons. The van der Waals surface area contributed by atoms with Crippen LogP contribution >= 0.6 is 0 Å². The zero-order valence-corrected chi connectivity index (χ0v) is 18.0. The summed E-state index contributed by atoms with van der Waals surface area (Å²) in [5, 5.41) is 10.2. The maximum absolute atomic E-state index is 10.2. The van der Waals surface area contributed by atoms with Crippen molar-refractivity contribution in [1.29, 1.82) is 0 Å². The summed E-state index contributed by atoms with van der Waals surface area (Å²) in [6.07, 6.45) is 16.3. The fourth-order valence-electron chi connectivity index (χ4n) is 3.95. The summed E-state index contributed by atoms with van der Waals surface area (Å²) in [5.74, 6) is 0.712. The number of ether oxygens (including phenoxy) is 2. The van der Waals surface area contributed by atoms with Gasteiger partial charge in [0.25, 0.3) is 0 Å². The molecule has 0 aliphatic carbocycles. The standard InChI is InChI=1S/C23H46O3/c1-5-7-9-11-12-14-16-21(15-13-10-8-6-2)18-25-23-20(4)22(24)17-19(3)26-23/h19-24H,5-18H2,1-4H3/t19-,20?,21?,22+,23?/m0/s1. The van der Waals surface area contributed by atoms with Crippen molar-refractivity contribution in [3.63, 3.8) is 0 Å². The summed E-state index contributed by atoms with van der Waals surface area (Å²) in [6, 6.07) is 0. The van der Waals surface area contributed by atoms with E-state index in [4.69, 9.17) is 9.47 Å². The molecule has 26 heavy (non-hydrogen) atoms. The van der Waals surface area contributed by atoms with Crippen LogP contribution < -0.4 is 0 Å². The van der Waals surface area contributed by atoms with Crippen molar-refractivity contribution in [2.45, 2.75) is 130 Å². The van der Waals surface area contributed by atoms with Gasteiger partial charge in [0.1, 0.15) is 0 Å². The molecule has 3 nitrogen and oxygen atoms in total. The zero-order chi connectivity index (χ0) is 19.2. The molecule has 1 aliphatic heterocycles. The van der Waals surface area contributed by atoms with Crippen molar-refractivity contribution < 1.29 is 14.6 Å². The van der Waals surface area contributed by atoms with Crippen molar-refractivity contribution >= 4 is 0 Å². The highest BCUT2D eigenvalue weighted by Crippen LogP contribution is 2.27. The van der Waals surface area contributed by atoms with E-state index < -0.39 is 0 Å². The van der Waals surface area contributed by atoms with Crippen LogP contribution in [0.3, 0.4) is 0 Å².